The number of hydrogen-bond acceptors (Lipinski definition) is 4. The molecule has 0 fully saturated rings. The Kier molecular flexibility index (Phi) is 5.30. The van der Waals surface area contributed by atoms with Crippen molar-refractivity contribution in [2.75, 3.05) is 5.32 Å². The number of halogens is 1. The van der Waals surface area contributed by atoms with Crippen LogP contribution in [0.3, 0.4) is 0 Å². The van der Waals surface area contributed by atoms with Crippen molar-refractivity contribution in [3.63, 3.8) is 0 Å². The largest absolute Gasteiger partial charge is 0.482 e. The predicted octanol–water partition coefficient (Wildman–Crippen LogP) is 4.23. The number of ether oxygens (including phenoxy) is 1. The highest BCUT2D eigenvalue weighted by Gasteiger charge is 2.12. The van der Waals surface area contributed by atoms with Gasteiger partial charge in [0.25, 0.3) is 5.91 Å². The first-order chi connectivity index (χ1) is 12.1. The van der Waals surface area contributed by atoms with Crippen LogP contribution in [0.1, 0.15) is 16.1 Å². The molecule has 1 amide bonds. The summed E-state index contributed by atoms with van der Waals surface area (Å²) in [6.07, 6.45) is 1.15. The lowest BCUT2D eigenvalue weighted by Gasteiger charge is -2.07. The van der Waals surface area contributed by atoms with E-state index in [0.717, 1.165) is 22.4 Å². The van der Waals surface area contributed by atoms with E-state index < -0.39 is 11.3 Å². The van der Waals surface area contributed by atoms with Crippen molar-refractivity contribution < 1.29 is 13.9 Å². The summed E-state index contributed by atoms with van der Waals surface area (Å²) >= 11 is 3.32. The maximum atomic E-state index is 12.2. The van der Waals surface area contributed by atoms with Crippen LogP contribution in [-0.2, 0) is 6.61 Å². The smallest absolute Gasteiger partial charge is 0.291 e. The molecule has 0 spiro atoms. The Balaban J connectivity index is 1.68. The minimum absolute atomic E-state index is 0.0582. The van der Waals surface area contributed by atoms with E-state index in [1.807, 2.05) is 36.4 Å². The molecular weight excluding hydrogens is 386 g/mol. The molecule has 0 aliphatic heterocycles. The van der Waals surface area contributed by atoms with Gasteiger partial charge in [-0.2, -0.15) is 0 Å². The maximum Gasteiger partial charge on any atom is 0.291 e. The number of hydrogen-bond donors (Lipinski definition) is 1. The average Bonchev–Trinajstić information content (AvgIpc) is 2.61. The molecule has 5 nitrogen and oxygen atoms in total. The minimum atomic E-state index is -0.509. The second kappa shape index (κ2) is 7.81. The van der Waals surface area contributed by atoms with Crippen molar-refractivity contribution in [3.8, 4) is 5.75 Å². The van der Waals surface area contributed by atoms with Gasteiger partial charge in [-0.3, -0.25) is 9.59 Å². The Hall–Kier alpha value is -2.86. The van der Waals surface area contributed by atoms with E-state index in [0.29, 0.717) is 5.69 Å². The van der Waals surface area contributed by atoms with Crippen LogP contribution in [0, 0.1) is 0 Å². The monoisotopic (exact) mass is 399 g/mol. The van der Waals surface area contributed by atoms with Crippen LogP contribution in [0.4, 0.5) is 5.69 Å². The van der Waals surface area contributed by atoms with E-state index >= 15 is 0 Å². The molecule has 1 heterocycles. The third-order valence-corrected chi connectivity index (χ3v) is 3.83. The summed E-state index contributed by atoms with van der Waals surface area (Å²) in [5, 5.41) is 2.66. The second-order valence-electron chi connectivity index (χ2n) is 5.21. The van der Waals surface area contributed by atoms with Crippen molar-refractivity contribution >= 4 is 27.5 Å². The van der Waals surface area contributed by atoms with Crippen LogP contribution in [0.2, 0.25) is 0 Å². The summed E-state index contributed by atoms with van der Waals surface area (Å²) in [6.45, 7) is 0.245. The maximum absolute atomic E-state index is 12.2. The molecule has 1 N–H and O–H groups in total. The Morgan fingerprint density at radius 1 is 1.08 bits per heavy atom. The fourth-order valence-corrected chi connectivity index (χ4v) is 2.52. The summed E-state index contributed by atoms with van der Waals surface area (Å²) in [5.41, 5.74) is 1.10. The fraction of sp³-hybridized carbons (Fsp3) is 0.0526. The number of carbonyl (C=O) groups excluding carboxylic acids is 1. The van der Waals surface area contributed by atoms with Crippen LogP contribution in [-0.4, -0.2) is 5.91 Å². The van der Waals surface area contributed by atoms with Gasteiger partial charge in [-0.1, -0.05) is 52.3 Å². The average molecular weight is 400 g/mol. The van der Waals surface area contributed by atoms with E-state index in [9.17, 15) is 9.59 Å². The Morgan fingerprint density at radius 2 is 1.88 bits per heavy atom. The number of rotatable bonds is 5. The molecule has 0 bridgehead atoms. The van der Waals surface area contributed by atoms with E-state index in [1.165, 1.54) is 0 Å². The summed E-state index contributed by atoms with van der Waals surface area (Å²) < 4.78 is 11.5. The molecule has 126 valence electrons. The molecule has 3 aromatic rings. The van der Waals surface area contributed by atoms with Gasteiger partial charge in [0.05, 0.1) is 0 Å². The molecule has 0 radical (unpaired) electrons. The van der Waals surface area contributed by atoms with Crippen LogP contribution in [0.15, 0.2) is 80.6 Å². The van der Waals surface area contributed by atoms with E-state index in [1.54, 1.807) is 18.2 Å². The molecule has 1 aromatic heterocycles. The topological polar surface area (TPSA) is 68.5 Å². The fourth-order valence-electron chi connectivity index (χ4n) is 2.12. The zero-order valence-corrected chi connectivity index (χ0v) is 14.7. The van der Waals surface area contributed by atoms with Gasteiger partial charge >= 0.3 is 0 Å². The lowest BCUT2D eigenvalue weighted by molar-refractivity contribution is 0.0993. The van der Waals surface area contributed by atoms with Gasteiger partial charge in [-0.05, 0) is 23.8 Å². The van der Waals surface area contributed by atoms with Gasteiger partial charge in [0.15, 0.2) is 5.76 Å². The third kappa shape index (κ3) is 4.58. The molecule has 0 unspecified atom stereocenters. The second-order valence-corrected chi connectivity index (χ2v) is 6.13. The lowest BCUT2D eigenvalue weighted by Crippen LogP contribution is -2.15. The van der Waals surface area contributed by atoms with Crippen molar-refractivity contribution in [2.45, 2.75) is 6.61 Å². The molecule has 0 aliphatic carbocycles. The number of amides is 1. The van der Waals surface area contributed by atoms with Crippen molar-refractivity contribution in [2.24, 2.45) is 0 Å². The van der Waals surface area contributed by atoms with Crippen molar-refractivity contribution in [1.29, 1.82) is 0 Å². The van der Waals surface area contributed by atoms with Gasteiger partial charge < -0.3 is 14.5 Å². The summed E-state index contributed by atoms with van der Waals surface area (Å²) in [7, 11) is 0. The van der Waals surface area contributed by atoms with E-state index in [-0.39, 0.29) is 18.1 Å². The minimum Gasteiger partial charge on any atom is -0.482 e. The quantitative estimate of drug-likeness (QED) is 0.696. The van der Waals surface area contributed by atoms with E-state index in [4.69, 9.17) is 9.15 Å². The molecule has 0 aliphatic rings. The van der Waals surface area contributed by atoms with Crippen LogP contribution >= 0.6 is 15.9 Å². The summed E-state index contributed by atoms with van der Waals surface area (Å²) in [4.78, 5) is 24.3. The molecule has 25 heavy (non-hydrogen) atoms. The molecule has 0 atom stereocenters. The molecule has 3 rings (SSSR count). The first-order valence-corrected chi connectivity index (χ1v) is 8.27. The summed E-state index contributed by atoms with van der Waals surface area (Å²) in [6, 6.07) is 17.7. The highest BCUT2D eigenvalue weighted by atomic mass is 79.9. The molecule has 0 saturated carbocycles. The summed E-state index contributed by atoms with van der Waals surface area (Å²) in [5.74, 6) is -0.537. The zero-order chi connectivity index (χ0) is 17.6. The normalized spacial score (nSPS) is 10.3. The number of nitrogens with one attached hydrogen (secondary N) is 1. The lowest BCUT2D eigenvalue weighted by atomic mass is 10.2. The number of benzene rings is 2. The van der Waals surface area contributed by atoms with Crippen molar-refractivity contribution in [1.82, 2.24) is 0 Å². The Labute approximate surface area is 152 Å². The van der Waals surface area contributed by atoms with Crippen LogP contribution < -0.4 is 15.5 Å². The number of carbonyl (C=O) groups is 1. The predicted molar refractivity (Wildman–Crippen MR) is 97.8 cm³/mol. The highest BCUT2D eigenvalue weighted by molar-refractivity contribution is 9.10. The SMILES string of the molecule is O=C(Nc1cccc(Br)c1)c1cc(=O)c(OCc2ccccc2)co1. The van der Waals surface area contributed by atoms with Crippen LogP contribution in [0.5, 0.6) is 5.75 Å². The first-order valence-electron chi connectivity index (χ1n) is 7.48. The molecule has 2 aromatic carbocycles. The van der Waals surface area contributed by atoms with Gasteiger partial charge in [-0.25, -0.2) is 0 Å². The van der Waals surface area contributed by atoms with Gasteiger partial charge in [0.2, 0.25) is 11.2 Å². The van der Waals surface area contributed by atoms with Gasteiger partial charge in [0, 0.05) is 16.2 Å². The van der Waals surface area contributed by atoms with Crippen molar-refractivity contribution in [3.05, 3.63) is 92.9 Å². The number of anilines is 1. The Bertz CT molecular complexity index is 937. The zero-order valence-electron chi connectivity index (χ0n) is 13.1. The molecule has 0 saturated heterocycles. The first kappa shape index (κ1) is 17.0. The molecule has 6 heteroatoms. The highest BCUT2D eigenvalue weighted by Crippen LogP contribution is 2.17. The van der Waals surface area contributed by atoms with Gasteiger partial charge in [-0.15, -0.1) is 0 Å². The standard InChI is InChI=1S/C19H14BrNO4/c20-14-7-4-8-15(9-14)21-19(23)17-10-16(22)18(12-25-17)24-11-13-5-2-1-3-6-13/h1-10,12H,11H2,(H,21,23). The van der Waals surface area contributed by atoms with E-state index in [2.05, 4.69) is 21.2 Å². The van der Waals surface area contributed by atoms with Gasteiger partial charge in [0.1, 0.15) is 12.9 Å². The van der Waals surface area contributed by atoms with Crippen LogP contribution in [0.25, 0.3) is 0 Å². The Morgan fingerprint density at radius 3 is 2.60 bits per heavy atom. The molecular formula is C19H14BrNO4. The third-order valence-electron chi connectivity index (χ3n) is 3.34.